The standard InChI is InChI=1S/C17H21N5OS2/c1-2-21-15(12-6-4-3-5-7-12)19-20-17(21)25-11-13-10-14(23)22-8-9-24-16(22)18-13/h8-10,12H,2-7,11H2,1H3. The Morgan fingerprint density at radius 3 is 2.92 bits per heavy atom. The molecule has 0 N–H and O–H groups in total. The summed E-state index contributed by atoms with van der Waals surface area (Å²) < 4.78 is 3.81. The van der Waals surface area contributed by atoms with E-state index in [1.807, 2.05) is 5.38 Å². The van der Waals surface area contributed by atoms with Gasteiger partial charge in [-0.25, -0.2) is 4.98 Å². The van der Waals surface area contributed by atoms with Crippen LogP contribution in [-0.2, 0) is 12.3 Å². The molecule has 3 aromatic rings. The van der Waals surface area contributed by atoms with Crippen molar-refractivity contribution in [3.05, 3.63) is 39.5 Å². The molecule has 0 bridgehead atoms. The Bertz CT molecular complexity index is 923. The second-order valence-electron chi connectivity index (χ2n) is 6.35. The molecule has 1 fully saturated rings. The molecule has 0 aliphatic heterocycles. The molecule has 3 heterocycles. The first-order chi connectivity index (χ1) is 12.3. The minimum Gasteiger partial charge on any atom is -0.306 e. The Morgan fingerprint density at radius 2 is 2.12 bits per heavy atom. The molecule has 8 heteroatoms. The van der Waals surface area contributed by atoms with Crippen molar-refractivity contribution in [1.82, 2.24) is 24.1 Å². The van der Waals surface area contributed by atoms with Crippen LogP contribution in [-0.4, -0.2) is 24.1 Å². The van der Waals surface area contributed by atoms with E-state index in [2.05, 4.69) is 26.7 Å². The van der Waals surface area contributed by atoms with Crippen LogP contribution in [0.25, 0.3) is 4.96 Å². The summed E-state index contributed by atoms with van der Waals surface area (Å²) in [6.07, 6.45) is 8.12. The Kier molecular flexibility index (Phi) is 4.89. The van der Waals surface area contributed by atoms with Gasteiger partial charge in [0.25, 0.3) is 5.56 Å². The zero-order chi connectivity index (χ0) is 17.2. The van der Waals surface area contributed by atoms with Crippen molar-refractivity contribution < 1.29 is 0 Å². The second-order valence-corrected chi connectivity index (χ2v) is 8.17. The van der Waals surface area contributed by atoms with E-state index < -0.39 is 0 Å². The van der Waals surface area contributed by atoms with Crippen LogP contribution >= 0.6 is 23.1 Å². The van der Waals surface area contributed by atoms with Crippen molar-refractivity contribution in [3.63, 3.8) is 0 Å². The van der Waals surface area contributed by atoms with Crippen LogP contribution in [0.2, 0.25) is 0 Å². The Hall–Kier alpha value is -1.67. The zero-order valence-corrected chi connectivity index (χ0v) is 15.9. The first-order valence-corrected chi connectivity index (χ1v) is 10.6. The molecule has 3 aromatic heterocycles. The third kappa shape index (κ3) is 3.37. The molecule has 0 radical (unpaired) electrons. The molecule has 4 rings (SSSR count). The molecule has 1 aliphatic rings. The lowest BCUT2D eigenvalue weighted by Crippen LogP contribution is -2.13. The average molecular weight is 376 g/mol. The van der Waals surface area contributed by atoms with Gasteiger partial charge >= 0.3 is 0 Å². The highest BCUT2D eigenvalue weighted by Gasteiger charge is 2.22. The summed E-state index contributed by atoms with van der Waals surface area (Å²) in [4.78, 5) is 17.4. The summed E-state index contributed by atoms with van der Waals surface area (Å²) in [7, 11) is 0. The average Bonchev–Trinajstić information content (AvgIpc) is 3.27. The van der Waals surface area contributed by atoms with Gasteiger partial charge in [0.2, 0.25) is 0 Å². The molecule has 0 spiro atoms. The molecule has 1 saturated carbocycles. The van der Waals surface area contributed by atoms with Gasteiger partial charge in [-0.15, -0.1) is 21.5 Å². The third-order valence-electron chi connectivity index (χ3n) is 4.74. The highest BCUT2D eigenvalue weighted by Crippen LogP contribution is 2.33. The minimum atomic E-state index is -0.0262. The highest BCUT2D eigenvalue weighted by atomic mass is 32.2. The Balaban J connectivity index is 1.53. The maximum absolute atomic E-state index is 12.1. The molecule has 0 atom stereocenters. The molecule has 0 aromatic carbocycles. The quantitative estimate of drug-likeness (QED) is 0.636. The van der Waals surface area contributed by atoms with E-state index in [9.17, 15) is 4.79 Å². The fourth-order valence-electron chi connectivity index (χ4n) is 3.47. The van der Waals surface area contributed by atoms with Gasteiger partial charge in [-0.05, 0) is 19.8 Å². The van der Waals surface area contributed by atoms with Crippen LogP contribution in [0.4, 0.5) is 0 Å². The summed E-state index contributed by atoms with van der Waals surface area (Å²) >= 11 is 3.09. The van der Waals surface area contributed by atoms with Crippen molar-refractivity contribution in [1.29, 1.82) is 0 Å². The SMILES string of the molecule is CCn1c(SCc2cc(=O)n3ccsc3n2)nnc1C1CCCCC1. The summed E-state index contributed by atoms with van der Waals surface area (Å²) in [6, 6.07) is 1.61. The van der Waals surface area contributed by atoms with Gasteiger partial charge in [0.05, 0.1) is 5.69 Å². The predicted octanol–water partition coefficient (Wildman–Crippen LogP) is 3.71. The predicted molar refractivity (Wildman–Crippen MR) is 100 cm³/mol. The third-order valence-corrected chi connectivity index (χ3v) is 6.49. The van der Waals surface area contributed by atoms with Gasteiger partial charge in [0.1, 0.15) is 5.82 Å². The molecule has 1 aliphatic carbocycles. The maximum atomic E-state index is 12.1. The molecule has 25 heavy (non-hydrogen) atoms. The second kappa shape index (κ2) is 7.29. The van der Waals surface area contributed by atoms with Crippen molar-refractivity contribution in [3.8, 4) is 0 Å². The fourth-order valence-corrected chi connectivity index (χ4v) is 5.11. The van der Waals surface area contributed by atoms with Crippen molar-refractivity contribution >= 4 is 28.1 Å². The van der Waals surface area contributed by atoms with Crippen LogP contribution < -0.4 is 5.56 Å². The molecule has 0 unspecified atom stereocenters. The van der Waals surface area contributed by atoms with Gasteiger partial charge in [-0.2, -0.15) is 0 Å². The normalized spacial score (nSPS) is 15.9. The van der Waals surface area contributed by atoms with Gasteiger partial charge in [-0.1, -0.05) is 31.0 Å². The van der Waals surface area contributed by atoms with E-state index in [1.54, 1.807) is 28.4 Å². The zero-order valence-electron chi connectivity index (χ0n) is 14.2. The minimum absolute atomic E-state index is 0.0262. The molecular weight excluding hydrogens is 354 g/mol. The number of aromatic nitrogens is 5. The topological polar surface area (TPSA) is 65.1 Å². The molecule has 0 saturated heterocycles. The molecule has 6 nitrogen and oxygen atoms in total. The van der Waals surface area contributed by atoms with Crippen LogP contribution in [0.5, 0.6) is 0 Å². The lowest BCUT2D eigenvalue weighted by molar-refractivity contribution is 0.413. The number of hydrogen-bond donors (Lipinski definition) is 0. The van der Waals surface area contributed by atoms with Gasteiger partial charge in [-0.3, -0.25) is 9.20 Å². The van der Waals surface area contributed by atoms with E-state index in [-0.39, 0.29) is 5.56 Å². The summed E-state index contributed by atoms with van der Waals surface area (Å²) in [5.74, 6) is 2.30. The van der Waals surface area contributed by atoms with Crippen molar-refractivity contribution in [2.45, 2.75) is 62.4 Å². The summed E-state index contributed by atoms with van der Waals surface area (Å²) in [5, 5.41) is 11.7. The van der Waals surface area contributed by atoms with Crippen LogP contribution in [0.15, 0.2) is 27.6 Å². The Labute approximate surface area is 154 Å². The number of rotatable bonds is 5. The van der Waals surface area contributed by atoms with Gasteiger partial charge < -0.3 is 4.57 Å². The van der Waals surface area contributed by atoms with Gasteiger partial charge in [0.15, 0.2) is 10.1 Å². The first-order valence-electron chi connectivity index (χ1n) is 8.78. The summed E-state index contributed by atoms with van der Waals surface area (Å²) in [5.41, 5.74) is 0.768. The fraction of sp³-hybridized carbons (Fsp3) is 0.529. The van der Waals surface area contributed by atoms with Crippen molar-refractivity contribution in [2.24, 2.45) is 0 Å². The van der Waals surface area contributed by atoms with Crippen molar-refractivity contribution in [2.75, 3.05) is 0 Å². The van der Waals surface area contributed by atoms with E-state index in [1.165, 1.54) is 43.4 Å². The number of nitrogens with zero attached hydrogens (tertiary/aromatic N) is 5. The Morgan fingerprint density at radius 1 is 1.28 bits per heavy atom. The molecule has 0 amide bonds. The first kappa shape index (κ1) is 16.8. The molecular formula is C17H21N5OS2. The van der Waals surface area contributed by atoms with E-state index in [0.717, 1.165) is 28.2 Å². The lowest BCUT2D eigenvalue weighted by atomic mass is 9.89. The van der Waals surface area contributed by atoms with E-state index in [0.29, 0.717) is 11.7 Å². The van der Waals surface area contributed by atoms with Gasteiger partial charge in [0, 0.05) is 35.9 Å². The van der Waals surface area contributed by atoms with Crippen LogP contribution in [0.3, 0.4) is 0 Å². The van der Waals surface area contributed by atoms with E-state index in [4.69, 9.17) is 0 Å². The number of hydrogen-bond acceptors (Lipinski definition) is 6. The maximum Gasteiger partial charge on any atom is 0.258 e. The summed E-state index contributed by atoms with van der Waals surface area (Å²) in [6.45, 7) is 3.02. The molecule has 132 valence electrons. The lowest BCUT2D eigenvalue weighted by Gasteiger charge is -2.21. The van der Waals surface area contributed by atoms with E-state index >= 15 is 0 Å². The number of fused-ring (bicyclic) bond motifs is 1. The highest BCUT2D eigenvalue weighted by molar-refractivity contribution is 7.98. The number of thiazole rings is 1. The van der Waals surface area contributed by atoms with Crippen LogP contribution in [0.1, 0.15) is 56.5 Å². The smallest absolute Gasteiger partial charge is 0.258 e. The number of thioether (sulfide) groups is 1. The largest absolute Gasteiger partial charge is 0.306 e. The monoisotopic (exact) mass is 375 g/mol. The van der Waals surface area contributed by atoms with Crippen LogP contribution in [0, 0.1) is 0 Å².